The Hall–Kier alpha value is -1.52. The Morgan fingerprint density at radius 3 is 2.86 bits per heavy atom. The van der Waals surface area contributed by atoms with Gasteiger partial charge in [0.15, 0.2) is 0 Å². The van der Waals surface area contributed by atoms with Crippen molar-refractivity contribution in [1.82, 2.24) is 0 Å². The molecule has 0 aromatic heterocycles. The SMILES string of the molecule is COc1ccc2c(c1)CCC(Sc1cccc(F)c1)C2N. The molecular weight excluding hydrogens is 285 g/mol. The number of benzene rings is 2. The fourth-order valence-electron chi connectivity index (χ4n) is 2.78. The third-order valence-electron chi connectivity index (χ3n) is 3.89. The smallest absolute Gasteiger partial charge is 0.124 e. The molecule has 0 saturated carbocycles. The highest BCUT2D eigenvalue weighted by Crippen LogP contribution is 2.39. The molecule has 110 valence electrons. The highest BCUT2D eigenvalue weighted by Gasteiger charge is 2.27. The van der Waals surface area contributed by atoms with E-state index in [0.29, 0.717) is 0 Å². The molecule has 1 aliphatic rings. The number of ether oxygens (including phenoxy) is 1. The van der Waals surface area contributed by atoms with Crippen LogP contribution < -0.4 is 10.5 Å². The summed E-state index contributed by atoms with van der Waals surface area (Å²) in [5.41, 5.74) is 8.85. The van der Waals surface area contributed by atoms with Gasteiger partial charge in [-0.15, -0.1) is 11.8 Å². The standard InChI is InChI=1S/C17H18FNOS/c1-20-13-6-7-15-11(9-13)5-8-16(17(15)19)21-14-4-2-3-12(18)10-14/h2-4,6-7,9-10,16-17H,5,8,19H2,1H3. The van der Waals surface area contributed by atoms with Crippen LogP contribution >= 0.6 is 11.8 Å². The van der Waals surface area contributed by atoms with Crippen LogP contribution in [0.5, 0.6) is 5.75 Å². The number of rotatable bonds is 3. The first-order chi connectivity index (χ1) is 10.2. The van der Waals surface area contributed by atoms with Gasteiger partial charge in [-0.3, -0.25) is 0 Å². The molecule has 1 aliphatic carbocycles. The molecule has 2 atom stereocenters. The molecule has 0 saturated heterocycles. The van der Waals surface area contributed by atoms with Gasteiger partial charge in [-0.25, -0.2) is 4.39 Å². The minimum atomic E-state index is -0.200. The van der Waals surface area contributed by atoms with Gasteiger partial charge in [-0.05, 0) is 54.3 Å². The number of halogens is 1. The van der Waals surface area contributed by atoms with Crippen LogP contribution in [0.25, 0.3) is 0 Å². The van der Waals surface area contributed by atoms with Crippen LogP contribution in [0.15, 0.2) is 47.4 Å². The lowest BCUT2D eigenvalue weighted by Gasteiger charge is -2.31. The Morgan fingerprint density at radius 1 is 1.24 bits per heavy atom. The van der Waals surface area contributed by atoms with Gasteiger partial charge in [0.25, 0.3) is 0 Å². The van der Waals surface area contributed by atoms with Gasteiger partial charge >= 0.3 is 0 Å². The third-order valence-corrected chi connectivity index (χ3v) is 5.25. The lowest BCUT2D eigenvalue weighted by molar-refractivity contribution is 0.413. The van der Waals surface area contributed by atoms with E-state index in [9.17, 15) is 4.39 Å². The molecule has 0 aliphatic heterocycles. The summed E-state index contributed by atoms with van der Waals surface area (Å²) in [6.07, 6.45) is 1.97. The number of aryl methyl sites for hydroxylation is 1. The number of hydrogen-bond acceptors (Lipinski definition) is 3. The van der Waals surface area contributed by atoms with Crippen molar-refractivity contribution in [2.45, 2.75) is 29.0 Å². The van der Waals surface area contributed by atoms with E-state index in [0.717, 1.165) is 23.5 Å². The molecule has 0 amide bonds. The maximum atomic E-state index is 13.3. The molecule has 2 unspecified atom stereocenters. The normalized spacial score (nSPS) is 20.9. The van der Waals surface area contributed by atoms with Crippen molar-refractivity contribution in [3.63, 3.8) is 0 Å². The summed E-state index contributed by atoms with van der Waals surface area (Å²) < 4.78 is 18.5. The summed E-state index contributed by atoms with van der Waals surface area (Å²) in [6, 6.07) is 12.7. The van der Waals surface area contributed by atoms with Crippen LogP contribution in [0.4, 0.5) is 4.39 Å². The van der Waals surface area contributed by atoms with Gasteiger partial charge in [0.05, 0.1) is 7.11 Å². The molecule has 0 heterocycles. The minimum absolute atomic E-state index is 0.0343. The highest BCUT2D eigenvalue weighted by atomic mass is 32.2. The molecule has 0 bridgehead atoms. The summed E-state index contributed by atoms with van der Waals surface area (Å²) in [5, 5.41) is 0.271. The quantitative estimate of drug-likeness (QED) is 0.932. The van der Waals surface area contributed by atoms with Crippen LogP contribution in [0.3, 0.4) is 0 Å². The van der Waals surface area contributed by atoms with E-state index in [1.807, 2.05) is 12.1 Å². The Balaban J connectivity index is 1.80. The molecule has 4 heteroatoms. The monoisotopic (exact) mass is 303 g/mol. The van der Waals surface area contributed by atoms with Crippen molar-refractivity contribution < 1.29 is 9.13 Å². The van der Waals surface area contributed by atoms with Crippen molar-refractivity contribution in [2.75, 3.05) is 7.11 Å². The fraction of sp³-hybridized carbons (Fsp3) is 0.294. The lowest BCUT2D eigenvalue weighted by Crippen LogP contribution is -2.29. The molecule has 0 radical (unpaired) electrons. The van der Waals surface area contributed by atoms with E-state index >= 15 is 0 Å². The first-order valence-electron chi connectivity index (χ1n) is 7.02. The third kappa shape index (κ3) is 3.06. The Labute approximate surface area is 128 Å². The van der Waals surface area contributed by atoms with Crippen LogP contribution in [0.1, 0.15) is 23.6 Å². The van der Waals surface area contributed by atoms with Crippen molar-refractivity contribution in [2.24, 2.45) is 5.73 Å². The highest BCUT2D eigenvalue weighted by molar-refractivity contribution is 8.00. The van der Waals surface area contributed by atoms with Gasteiger partial charge in [0.2, 0.25) is 0 Å². The second-order valence-electron chi connectivity index (χ2n) is 5.24. The van der Waals surface area contributed by atoms with E-state index in [1.54, 1.807) is 31.0 Å². The fourth-order valence-corrected chi connectivity index (χ4v) is 3.99. The molecule has 2 aromatic carbocycles. The summed E-state index contributed by atoms with van der Waals surface area (Å²) in [5.74, 6) is 0.673. The number of hydrogen-bond donors (Lipinski definition) is 1. The predicted molar refractivity (Wildman–Crippen MR) is 84.3 cm³/mol. The first-order valence-corrected chi connectivity index (χ1v) is 7.90. The summed E-state index contributed by atoms with van der Waals surface area (Å²) in [7, 11) is 1.67. The van der Waals surface area contributed by atoms with Gasteiger partial charge < -0.3 is 10.5 Å². The second kappa shape index (κ2) is 6.08. The van der Waals surface area contributed by atoms with E-state index < -0.39 is 0 Å². The Kier molecular flexibility index (Phi) is 4.17. The number of nitrogens with two attached hydrogens (primary N) is 1. The first kappa shape index (κ1) is 14.4. The van der Waals surface area contributed by atoms with E-state index in [2.05, 4.69) is 12.1 Å². The largest absolute Gasteiger partial charge is 0.497 e. The summed E-state index contributed by atoms with van der Waals surface area (Å²) in [6.45, 7) is 0. The number of thioether (sulfide) groups is 1. The van der Waals surface area contributed by atoms with Crippen LogP contribution in [0, 0.1) is 5.82 Å². The van der Waals surface area contributed by atoms with Crippen LogP contribution in [-0.4, -0.2) is 12.4 Å². The van der Waals surface area contributed by atoms with Crippen LogP contribution in [-0.2, 0) is 6.42 Å². The zero-order chi connectivity index (χ0) is 14.8. The molecule has 2 nitrogen and oxygen atoms in total. The summed E-state index contributed by atoms with van der Waals surface area (Å²) in [4.78, 5) is 0.937. The zero-order valence-electron chi connectivity index (χ0n) is 11.9. The molecule has 21 heavy (non-hydrogen) atoms. The zero-order valence-corrected chi connectivity index (χ0v) is 12.7. The van der Waals surface area contributed by atoms with Crippen LogP contribution in [0.2, 0.25) is 0 Å². The van der Waals surface area contributed by atoms with Gasteiger partial charge in [0, 0.05) is 16.2 Å². The second-order valence-corrected chi connectivity index (χ2v) is 6.56. The average molecular weight is 303 g/mol. The molecular formula is C17H18FNOS. The van der Waals surface area contributed by atoms with Gasteiger partial charge in [0.1, 0.15) is 11.6 Å². The van der Waals surface area contributed by atoms with Crippen molar-refractivity contribution in [3.05, 3.63) is 59.4 Å². The predicted octanol–water partition coefficient (Wildman–Crippen LogP) is 3.94. The molecule has 3 rings (SSSR count). The van der Waals surface area contributed by atoms with Gasteiger partial charge in [-0.2, -0.15) is 0 Å². The molecule has 0 fully saturated rings. The van der Waals surface area contributed by atoms with E-state index in [1.165, 1.54) is 17.2 Å². The van der Waals surface area contributed by atoms with Crippen molar-refractivity contribution >= 4 is 11.8 Å². The molecule has 2 aromatic rings. The molecule has 0 spiro atoms. The maximum absolute atomic E-state index is 13.3. The number of methoxy groups -OCH3 is 1. The van der Waals surface area contributed by atoms with E-state index in [-0.39, 0.29) is 17.1 Å². The average Bonchev–Trinajstić information content (AvgIpc) is 2.50. The van der Waals surface area contributed by atoms with E-state index in [4.69, 9.17) is 10.5 Å². The topological polar surface area (TPSA) is 35.2 Å². The molecule has 2 N–H and O–H groups in total. The van der Waals surface area contributed by atoms with Crippen molar-refractivity contribution in [3.8, 4) is 5.75 Å². The maximum Gasteiger partial charge on any atom is 0.124 e. The van der Waals surface area contributed by atoms with Crippen molar-refractivity contribution in [1.29, 1.82) is 0 Å². The lowest BCUT2D eigenvalue weighted by atomic mass is 9.87. The Morgan fingerprint density at radius 2 is 2.10 bits per heavy atom. The summed E-state index contributed by atoms with van der Waals surface area (Å²) >= 11 is 1.66. The Bertz CT molecular complexity index is 646. The number of fused-ring (bicyclic) bond motifs is 1. The van der Waals surface area contributed by atoms with Gasteiger partial charge in [-0.1, -0.05) is 12.1 Å². The minimum Gasteiger partial charge on any atom is -0.497 e.